The van der Waals surface area contributed by atoms with Gasteiger partial charge in [-0.05, 0) is 31.0 Å². The molecule has 2 heteroatoms. The SMILES string of the molecule is C=CCN(CC)c1ccc([C@@H](N)CC)cc1. The fraction of sp³-hybridized carbons (Fsp3) is 0.429. The molecule has 0 spiro atoms. The van der Waals surface area contributed by atoms with Gasteiger partial charge in [0.05, 0.1) is 0 Å². The molecule has 1 aromatic rings. The Hall–Kier alpha value is -1.28. The van der Waals surface area contributed by atoms with E-state index in [0.29, 0.717) is 0 Å². The van der Waals surface area contributed by atoms with Crippen LogP contribution in [0.3, 0.4) is 0 Å². The van der Waals surface area contributed by atoms with E-state index < -0.39 is 0 Å². The molecule has 0 amide bonds. The summed E-state index contributed by atoms with van der Waals surface area (Å²) in [5.74, 6) is 0. The molecule has 0 radical (unpaired) electrons. The van der Waals surface area contributed by atoms with E-state index in [0.717, 1.165) is 19.5 Å². The van der Waals surface area contributed by atoms with Crippen LogP contribution >= 0.6 is 0 Å². The van der Waals surface area contributed by atoms with Gasteiger partial charge in [0, 0.05) is 24.8 Å². The number of nitrogens with zero attached hydrogens (tertiary/aromatic N) is 1. The highest BCUT2D eigenvalue weighted by atomic mass is 15.1. The summed E-state index contributed by atoms with van der Waals surface area (Å²) in [4.78, 5) is 2.27. The smallest absolute Gasteiger partial charge is 0.0369 e. The van der Waals surface area contributed by atoms with Crippen LogP contribution in [0.15, 0.2) is 36.9 Å². The molecule has 1 aromatic carbocycles. The van der Waals surface area contributed by atoms with E-state index >= 15 is 0 Å². The fourth-order valence-electron chi connectivity index (χ4n) is 1.74. The molecule has 2 N–H and O–H groups in total. The van der Waals surface area contributed by atoms with E-state index in [1.807, 2.05) is 6.08 Å². The Morgan fingerprint density at radius 2 is 1.94 bits per heavy atom. The molecule has 0 aliphatic heterocycles. The first kappa shape index (κ1) is 12.8. The van der Waals surface area contributed by atoms with E-state index in [4.69, 9.17) is 5.73 Å². The van der Waals surface area contributed by atoms with Crippen LogP contribution < -0.4 is 10.6 Å². The monoisotopic (exact) mass is 218 g/mol. The number of benzene rings is 1. The van der Waals surface area contributed by atoms with Crippen LogP contribution in [0.4, 0.5) is 5.69 Å². The van der Waals surface area contributed by atoms with E-state index in [1.54, 1.807) is 0 Å². The molecular formula is C14H22N2. The zero-order valence-corrected chi connectivity index (χ0v) is 10.3. The third-order valence-electron chi connectivity index (χ3n) is 2.86. The largest absolute Gasteiger partial charge is 0.368 e. The molecule has 0 aromatic heterocycles. The Kier molecular flexibility index (Phi) is 5.06. The number of hydrogen-bond donors (Lipinski definition) is 1. The lowest BCUT2D eigenvalue weighted by atomic mass is 10.1. The highest BCUT2D eigenvalue weighted by Crippen LogP contribution is 2.19. The normalized spacial score (nSPS) is 12.2. The summed E-state index contributed by atoms with van der Waals surface area (Å²) in [6, 6.07) is 8.67. The second-order valence-electron chi connectivity index (χ2n) is 3.93. The van der Waals surface area contributed by atoms with Crippen molar-refractivity contribution in [3.63, 3.8) is 0 Å². The molecule has 0 aliphatic carbocycles. The first-order chi connectivity index (χ1) is 7.72. The second-order valence-corrected chi connectivity index (χ2v) is 3.93. The quantitative estimate of drug-likeness (QED) is 0.743. The minimum atomic E-state index is 0.156. The molecule has 88 valence electrons. The second kappa shape index (κ2) is 6.33. The van der Waals surface area contributed by atoms with Gasteiger partial charge in [-0.3, -0.25) is 0 Å². The standard InChI is InChI=1S/C14H22N2/c1-4-11-16(6-3)13-9-7-12(8-10-13)14(15)5-2/h4,7-10,14H,1,5-6,11,15H2,2-3H3/t14-/m0/s1. The highest BCUT2D eigenvalue weighted by molar-refractivity contribution is 5.48. The van der Waals surface area contributed by atoms with E-state index in [-0.39, 0.29) is 6.04 Å². The lowest BCUT2D eigenvalue weighted by molar-refractivity contribution is 0.698. The van der Waals surface area contributed by atoms with Gasteiger partial charge in [-0.25, -0.2) is 0 Å². The van der Waals surface area contributed by atoms with Crippen LogP contribution in [0.2, 0.25) is 0 Å². The molecular weight excluding hydrogens is 196 g/mol. The van der Waals surface area contributed by atoms with Crippen LogP contribution in [0.1, 0.15) is 31.9 Å². The molecule has 1 rings (SSSR count). The van der Waals surface area contributed by atoms with Gasteiger partial charge in [-0.1, -0.05) is 25.1 Å². The molecule has 16 heavy (non-hydrogen) atoms. The average Bonchev–Trinajstić information content (AvgIpc) is 2.35. The van der Waals surface area contributed by atoms with Crippen LogP contribution in [-0.4, -0.2) is 13.1 Å². The van der Waals surface area contributed by atoms with Crippen molar-refractivity contribution < 1.29 is 0 Å². The van der Waals surface area contributed by atoms with Gasteiger partial charge in [-0.15, -0.1) is 6.58 Å². The molecule has 0 saturated heterocycles. The van der Waals surface area contributed by atoms with Gasteiger partial charge in [0.1, 0.15) is 0 Å². The first-order valence-corrected chi connectivity index (χ1v) is 5.94. The summed E-state index contributed by atoms with van der Waals surface area (Å²) >= 11 is 0. The van der Waals surface area contributed by atoms with Gasteiger partial charge in [0.25, 0.3) is 0 Å². The summed E-state index contributed by atoms with van der Waals surface area (Å²) < 4.78 is 0. The van der Waals surface area contributed by atoms with Crippen molar-refractivity contribution >= 4 is 5.69 Å². The summed E-state index contributed by atoms with van der Waals surface area (Å²) in [6.45, 7) is 9.90. The summed E-state index contributed by atoms with van der Waals surface area (Å²) in [5.41, 5.74) is 8.42. The van der Waals surface area contributed by atoms with E-state index in [9.17, 15) is 0 Å². The minimum absolute atomic E-state index is 0.156. The van der Waals surface area contributed by atoms with Gasteiger partial charge in [0.2, 0.25) is 0 Å². The molecule has 2 nitrogen and oxygen atoms in total. The number of likely N-dealkylation sites (N-methyl/N-ethyl adjacent to an activating group) is 1. The molecule has 0 aliphatic rings. The zero-order valence-electron chi connectivity index (χ0n) is 10.3. The Morgan fingerprint density at radius 3 is 2.38 bits per heavy atom. The molecule has 0 bridgehead atoms. The third-order valence-corrected chi connectivity index (χ3v) is 2.86. The first-order valence-electron chi connectivity index (χ1n) is 5.94. The highest BCUT2D eigenvalue weighted by Gasteiger charge is 2.05. The number of nitrogens with two attached hydrogens (primary N) is 1. The Balaban J connectivity index is 2.80. The summed E-state index contributed by atoms with van der Waals surface area (Å²) in [6.07, 6.45) is 2.90. The van der Waals surface area contributed by atoms with E-state index in [2.05, 4.69) is 49.6 Å². The Morgan fingerprint density at radius 1 is 1.31 bits per heavy atom. The third kappa shape index (κ3) is 3.11. The lowest BCUT2D eigenvalue weighted by Crippen LogP contribution is -2.22. The van der Waals surface area contributed by atoms with Crippen LogP contribution in [-0.2, 0) is 0 Å². The summed E-state index contributed by atoms with van der Waals surface area (Å²) in [5, 5.41) is 0. The van der Waals surface area contributed by atoms with Crippen molar-refractivity contribution in [3.05, 3.63) is 42.5 Å². The van der Waals surface area contributed by atoms with Gasteiger partial charge in [0.15, 0.2) is 0 Å². The molecule has 0 saturated carbocycles. The molecule has 1 atom stereocenters. The van der Waals surface area contributed by atoms with Crippen molar-refractivity contribution in [2.75, 3.05) is 18.0 Å². The maximum absolute atomic E-state index is 5.98. The topological polar surface area (TPSA) is 29.3 Å². The summed E-state index contributed by atoms with van der Waals surface area (Å²) in [7, 11) is 0. The molecule has 0 heterocycles. The van der Waals surface area contributed by atoms with Crippen molar-refractivity contribution in [2.24, 2.45) is 5.73 Å². The number of rotatable bonds is 6. The number of hydrogen-bond acceptors (Lipinski definition) is 2. The van der Waals surface area contributed by atoms with Crippen LogP contribution in [0.25, 0.3) is 0 Å². The van der Waals surface area contributed by atoms with Crippen LogP contribution in [0, 0.1) is 0 Å². The van der Waals surface area contributed by atoms with Crippen LogP contribution in [0.5, 0.6) is 0 Å². The minimum Gasteiger partial charge on any atom is -0.368 e. The van der Waals surface area contributed by atoms with Crippen molar-refractivity contribution in [1.82, 2.24) is 0 Å². The zero-order chi connectivity index (χ0) is 12.0. The molecule has 0 unspecified atom stereocenters. The van der Waals surface area contributed by atoms with Gasteiger partial charge in [-0.2, -0.15) is 0 Å². The van der Waals surface area contributed by atoms with Crippen molar-refractivity contribution in [2.45, 2.75) is 26.3 Å². The predicted molar refractivity (Wildman–Crippen MR) is 71.7 cm³/mol. The van der Waals surface area contributed by atoms with E-state index in [1.165, 1.54) is 11.3 Å². The van der Waals surface area contributed by atoms with Crippen molar-refractivity contribution in [3.8, 4) is 0 Å². The van der Waals surface area contributed by atoms with Gasteiger partial charge >= 0.3 is 0 Å². The fourth-order valence-corrected chi connectivity index (χ4v) is 1.74. The van der Waals surface area contributed by atoms with Gasteiger partial charge < -0.3 is 10.6 Å². The maximum atomic E-state index is 5.98. The Labute approximate surface area is 98.8 Å². The maximum Gasteiger partial charge on any atom is 0.0369 e. The Bertz CT molecular complexity index is 316. The molecule has 0 fully saturated rings. The average molecular weight is 218 g/mol. The lowest BCUT2D eigenvalue weighted by Gasteiger charge is -2.22. The van der Waals surface area contributed by atoms with Crippen molar-refractivity contribution in [1.29, 1.82) is 0 Å². The number of anilines is 1. The predicted octanol–water partition coefficient (Wildman–Crippen LogP) is 3.11.